The van der Waals surface area contributed by atoms with E-state index in [1.807, 2.05) is 0 Å². The van der Waals surface area contributed by atoms with Gasteiger partial charge in [-0.1, -0.05) is 26.0 Å². The van der Waals surface area contributed by atoms with Gasteiger partial charge in [-0.25, -0.2) is 17.9 Å². The van der Waals surface area contributed by atoms with E-state index in [4.69, 9.17) is 10.2 Å². The Morgan fingerprint density at radius 3 is 2.50 bits per heavy atom. The van der Waals surface area contributed by atoms with Crippen molar-refractivity contribution in [3.8, 4) is 0 Å². The third kappa shape index (κ3) is 4.92. The summed E-state index contributed by atoms with van der Waals surface area (Å²) in [5, 5.41) is 18.0. The summed E-state index contributed by atoms with van der Waals surface area (Å²) >= 11 is 0. The molecule has 1 unspecified atom stereocenters. The molecule has 1 atom stereocenters. The largest absolute Gasteiger partial charge is 0.478 e. The molecule has 1 rings (SSSR count). The number of aliphatic hydroxyl groups is 1. The first-order valence-corrected chi connectivity index (χ1v) is 7.83. The number of aliphatic hydroxyl groups excluding tert-OH is 1. The van der Waals surface area contributed by atoms with E-state index in [2.05, 4.69) is 4.72 Å². The van der Waals surface area contributed by atoms with E-state index >= 15 is 0 Å². The van der Waals surface area contributed by atoms with Crippen LogP contribution in [0.1, 0.15) is 29.8 Å². The number of benzene rings is 1. The summed E-state index contributed by atoms with van der Waals surface area (Å²) in [4.78, 5) is 10.8. The van der Waals surface area contributed by atoms with Crippen molar-refractivity contribution in [2.45, 2.75) is 25.6 Å². The summed E-state index contributed by atoms with van der Waals surface area (Å²) in [6.07, 6.45) is 0. The molecule has 0 aliphatic rings. The van der Waals surface area contributed by atoms with Crippen molar-refractivity contribution in [3.05, 3.63) is 35.4 Å². The summed E-state index contributed by atoms with van der Waals surface area (Å²) in [7, 11) is -3.64. The molecule has 0 bridgehead atoms. The number of carbonyl (C=O) groups is 1. The number of hydrogen-bond donors (Lipinski definition) is 3. The van der Waals surface area contributed by atoms with E-state index in [0.29, 0.717) is 5.56 Å². The van der Waals surface area contributed by atoms with Crippen LogP contribution in [0.2, 0.25) is 0 Å². The van der Waals surface area contributed by atoms with E-state index < -0.39 is 22.0 Å². The second-order valence-electron chi connectivity index (χ2n) is 4.92. The van der Waals surface area contributed by atoms with E-state index in [-0.39, 0.29) is 23.8 Å². The topological polar surface area (TPSA) is 104 Å². The molecule has 20 heavy (non-hydrogen) atoms. The number of carboxylic acid groups (broad SMARTS) is 1. The van der Waals surface area contributed by atoms with Gasteiger partial charge in [0.05, 0.1) is 17.9 Å². The van der Waals surface area contributed by atoms with Crippen molar-refractivity contribution in [1.29, 1.82) is 0 Å². The van der Waals surface area contributed by atoms with Gasteiger partial charge in [0.1, 0.15) is 0 Å². The number of rotatable bonds is 7. The van der Waals surface area contributed by atoms with Crippen molar-refractivity contribution < 1.29 is 23.4 Å². The summed E-state index contributed by atoms with van der Waals surface area (Å²) in [5.74, 6) is -1.47. The molecular weight excluding hydrogens is 282 g/mol. The molecule has 1 aromatic rings. The van der Waals surface area contributed by atoms with E-state index in [0.717, 1.165) is 0 Å². The zero-order chi connectivity index (χ0) is 15.3. The molecule has 0 fully saturated rings. The molecule has 0 saturated heterocycles. The maximum absolute atomic E-state index is 12.0. The highest BCUT2D eigenvalue weighted by molar-refractivity contribution is 7.88. The molecule has 0 aliphatic carbocycles. The Balaban J connectivity index is 2.86. The van der Waals surface area contributed by atoms with Gasteiger partial charge in [0, 0.05) is 6.04 Å². The highest BCUT2D eigenvalue weighted by atomic mass is 32.2. The van der Waals surface area contributed by atoms with Crippen LogP contribution >= 0.6 is 0 Å². The normalized spacial score (nSPS) is 13.4. The van der Waals surface area contributed by atoms with Crippen molar-refractivity contribution in [2.75, 3.05) is 6.61 Å². The van der Waals surface area contributed by atoms with Crippen molar-refractivity contribution >= 4 is 16.0 Å². The minimum absolute atomic E-state index is 0.0415. The van der Waals surface area contributed by atoms with E-state index in [1.165, 1.54) is 18.2 Å². The fraction of sp³-hybridized carbons (Fsp3) is 0.462. The van der Waals surface area contributed by atoms with Gasteiger partial charge in [-0.3, -0.25) is 0 Å². The second kappa shape index (κ2) is 6.83. The third-order valence-corrected chi connectivity index (χ3v) is 4.24. The lowest BCUT2D eigenvalue weighted by Gasteiger charge is -2.19. The summed E-state index contributed by atoms with van der Waals surface area (Å²) in [5.41, 5.74) is 0.429. The summed E-state index contributed by atoms with van der Waals surface area (Å²) in [6.45, 7) is 3.31. The highest BCUT2D eigenvalue weighted by Crippen LogP contribution is 2.10. The third-order valence-electron chi connectivity index (χ3n) is 2.86. The first kappa shape index (κ1) is 16.6. The molecule has 3 N–H and O–H groups in total. The van der Waals surface area contributed by atoms with Crippen LogP contribution in [0.25, 0.3) is 0 Å². The van der Waals surface area contributed by atoms with Gasteiger partial charge in [0.15, 0.2) is 0 Å². The van der Waals surface area contributed by atoms with Crippen LogP contribution in [-0.2, 0) is 15.8 Å². The number of aromatic carboxylic acids is 1. The fourth-order valence-corrected chi connectivity index (χ4v) is 3.18. The second-order valence-corrected chi connectivity index (χ2v) is 6.67. The zero-order valence-electron chi connectivity index (χ0n) is 11.4. The van der Waals surface area contributed by atoms with Crippen LogP contribution < -0.4 is 4.72 Å². The molecule has 0 aliphatic heterocycles. The standard InChI is InChI=1S/C13H19NO5S/c1-9(2)12(7-15)14-20(18,19)8-10-4-3-5-11(6-10)13(16)17/h3-6,9,12,14-15H,7-8H2,1-2H3,(H,16,17). The fourth-order valence-electron chi connectivity index (χ4n) is 1.67. The Kier molecular flexibility index (Phi) is 5.67. The number of sulfonamides is 1. The smallest absolute Gasteiger partial charge is 0.335 e. The SMILES string of the molecule is CC(C)C(CO)NS(=O)(=O)Cc1cccc(C(=O)O)c1. The molecule has 6 nitrogen and oxygen atoms in total. The van der Waals surface area contributed by atoms with Crippen LogP contribution in [0, 0.1) is 5.92 Å². The Morgan fingerprint density at radius 1 is 1.35 bits per heavy atom. The number of hydrogen-bond acceptors (Lipinski definition) is 4. The van der Waals surface area contributed by atoms with Gasteiger partial charge in [-0.2, -0.15) is 0 Å². The molecule has 0 heterocycles. The maximum Gasteiger partial charge on any atom is 0.335 e. The molecule has 0 spiro atoms. The molecule has 112 valence electrons. The molecule has 0 radical (unpaired) electrons. The number of carboxylic acids is 1. The average Bonchev–Trinajstić information content (AvgIpc) is 2.35. The van der Waals surface area contributed by atoms with Gasteiger partial charge < -0.3 is 10.2 Å². The monoisotopic (exact) mass is 301 g/mol. The summed E-state index contributed by atoms with van der Waals surface area (Å²) in [6, 6.07) is 5.22. The van der Waals surface area contributed by atoms with Crippen molar-refractivity contribution in [2.24, 2.45) is 5.92 Å². The van der Waals surface area contributed by atoms with Crippen molar-refractivity contribution in [3.63, 3.8) is 0 Å². The Morgan fingerprint density at radius 2 is 2.00 bits per heavy atom. The zero-order valence-corrected chi connectivity index (χ0v) is 12.2. The van der Waals surface area contributed by atoms with Gasteiger partial charge in [-0.15, -0.1) is 0 Å². The number of nitrogens with one attached hydrogen (secondary N) is 1. The van der Waals surface area contributed by atoms with Crippen LogP contribution in [0.15, 0.2) is 24.3 Å². The average molecular weight is 301 g/mol. The van der Waals surface area contributed by atoms with Crippen molar-refractivity contribution in [1.82, 2.24) is 4.72 Å². The lowest BCUT2D eigenvalue weighted by Crippen LogP contribution is -2.41. The van der Waals surface area contributed by atoms with E-state index in [9.17, 15) is 13.2 Å². The first-order valence-electron chi connectivity index (χ1n) is 6.18. The predicted molar refractivity (Wildman–Crippen MR) is 74.9 cm³/mol. The van der Waals surface area contributed by atoms with Crippen LogP contribution in [0.3, 0.4) is 0 Å². The highest BCUT2D eigenvalue weighted by Gasteiger charge is 2.20. The molecule has 0 aromatic heterocycles. The molecule has 0 saturated carbocycles. The van der Waals surface area contributed by atoms with Gasteiger partial charge in [0.25, 0.3) is 0 Å². The lowest BCUT2D eigenvalue weighted by molar-refractivity contribution is 0.0696. The molecule has 1 aromatic carbocycles. The first-order chi connectivity index (χ1) is 9.25. The minimum atomic E-state index is -3.64. The molecular formula is C13H19NO5S. The Hall–Kier alpha value is -1.44. The lowest BCUT2D eigenvalue weighted by atomic mass is 10.1. The molecule has 7 heteroatoms. The van der Waals surface area contributed by atoms with Crippen LogP contribution in [-0.4, -0.2) is 37.2 Å². The van der Waals surface area contributed by atoms with E-state index in [1.54, 1.807) is 19.9 Å². The van der Waals surface area contributed by atoms with Crippen LogP contribution in [0.4, 0.5) is 0 Å². The quantitative estimate of drug-likeness (QED) is 0.692. The Bertz CT molecular complexity index is 568. The van der Waals surface area contributed by atoms with Crippen LogP contribution in [0.5, 0.6) is 0 Å². The Labute approximate surface area is 118 Å². The van der Waals surface area contributed by atoms with Gasteiger partial charge in [0.2, 0.25) is 10.0 Å². The maximum atomic E-state index is 12.0. The van der Waals surface area contributed by atoms with Gasteiger partial charge >= 0.3 is 5.97 Å². The molecule has 0 amide bonds. The summed E-state index contributed by atoms with van der Waals surface area (Å²) < 4.78 is 26.4. The minimum Gasteiger partial charge on any atom is -0.478 e. The van der Waals surface area contributed by atoms with Gasteiger partial charge in [-0.05, 0) is 23.6 Å². The predicted octanol–water partition coefficient (Wildman–Crippen LogP) is 0.821.